The number of carbonyl (C=O) groups excluding carboxylic acids is 1. The summed E-state index contributed by atoms with van der Waals surface area (Å²) in [7, 11) is 0. The minimum absolute atomic E-state index is 0.0307. The van der Waals surface area contributed by atoms with Gasteiger partial charge in [0.05, 0.1) is 5.39 Å². The minimum Gasteiger partial charge on any atom is -0.356 e. The molecule has 6 heteroatoms. The van der Waals surface area contributed by atoms with Gasteiger partial charge >= 0.3 is 0 Å². The van der Waals surface area contributed by atoms with Crippen LogP contribution in [0.2, 0.25) is 0 Å². The molecule has 0 unspecified atom stereocenters. The molecule has 1 aliphatic rings. The Kier molecular flexibility index (Phi) is 3.80. The van der Waals surface area contributed by atoms with Crippen molar-refractivity contribution in [3.05, 3.63) is 26.6 Å². The highest BCUT2D eigenvalue weighted by Gasteiger charge is 2.21. The van der Waals surface area contributed by atoms with Crippen molar-refractivity contribution >= 4 is 27.5 Å². The van der Waals surface area contributed by atoms with Crippen LogP contribution >= 0.6 is 11.3 Å². The number of hydrogen-bond acceptors (Lipinski definition) is 4. The quantitative estimate of drug-likeness (QED) is 0.888. The Balaban J connectivity index is 1.69. The predicted molar refractivity (Wildman–Crippen MR) is 83.8 cm³/mol. The Hall–Kier alpha value is -1.69. The Morgan fingerprint density at radius 3 is 2.90 bits per heavy atom. The summed E-state index contributed by atoms with van der Waals surface area (Å²) in [6, 6.07) is 0. The molecule has 1 amide bonds. The lowest BCUT2D eigenvalue weighted by atomic mass is 10.2. The van der Waals surface area contributed by atoms with Crippen molar-refractivity contribution in [2.75, 3.05) is 6.54 Å². The third kappa shape index (κ3) is 3.15. The number of thiophene rings is 1. The van der Waals surface area contributed by atoms with Gasteiger partial charge in [0.2, 0.25) is 5.91 Å². The number of aryl methyl sites for hydroxylation is 3. The summed E-state index contributed by atoms with van der Waals surface area (Å²) in [5.74, 6) is 1.30. The van der Waals surface area contributed by atoms with Crippen LogP contribution in [0.25, 0.3) is 10.2 Å². The Morgan fingerprint density at radius 1 is 1.43 bits per heavy atom. The molecule has 0 spiro atoms. The van der Waals surface area contributed by atoms with Crippen molar-refractivity contribution in [2.45, 2.75) is 39.5 Å². The van der Waals surface area contributed by atoms with Crippen LogP contribution in [-0.4, -0.2) is 22.4 Å². The fraction of sp³-hybridized carbons (Fsp3) is 0.533. The maximum atomic E-state index is 12.1. The molecule has 0 bridgehead atoms. The van der Waals surface area contributed by atoms with Crippen LogP contribution < -0.4 is 10.9 Å². The normalized spacial score (nSPS) is 14.6. The Labute approximate surface area is 126 Å². The molecule has 2 N–H and O–H groups in total. The molecule has 0 aliphatic heterocycles. The van der Waals surface area contributed by atoms with Gasteiger partial charge in [-0.25, -0.2) is 4.98 Å². The monoisotopic (exact) mass is 305 g/mol. The predicted octanol–water partition coefficient (Wildman–Crippen LogP) is 2.06. The minimum atomic E-state index is -0.102. The van der Waals surface area contributed by atoms with Crippen molar-refractivity contribution in [3.8, 4) is 0 Å². The maximum Gasteiger partial charge on any atom is 0.259 e. The van der Waals surface area contributed by atoms with Crippen LogP contribution in [0, 0.1) is 19.8 Å². The van der Waals surface area contributed by atoms with E-state index in [1.54, 1.807) is 0 Å². The topological polar surface area (TPSA) is 74.8 Å². The molecule has 2 heterocycles. The summed E-state index contributed by atoms with van der Waals surface area (Å²) in [6.07, 6.45) is 3.29. The highest BCUT2D eigenvalue weighted by atomic mass is 32.1. The van der Waals surface area contributed by atoms with E-state index in [2.05, 4.69) is 15.3 Å². The maximum absolute atomic E-state index is 12.1. The third-order valence-electron chi connectivity index (χ3n) is 3.96. The molecule has 0 atom stereocenters. The number of rotatable bonds is 5. The van der Waals surface area contributed by atoms with E-state index in [1.807, 2.05) is 13.8 Å². The van der Waals surface area contributed by atoms with Gasteiger partial charge in [-0.1, -0.05) is 0 Å². The summed E-state index contributed by atoms with van der Waals surface area (Å²) < 4.78 is 0. The molecule has 0 aromatic carbocycles. The van der Waals surface area contributed by atoms with E-state index in [0.29, 0.717) is 30.0 Å². The van der Waals surface area contributed by atoms with Gasteiger partial charge in [0, 0.05) is 24.3 Å². The first kappa shape index (κ1) is 14.3. The van der Waals surface area contributed by atoms with Gasteiger partial charge in [0.15, 0.2) is 0 Å². The lowest BCUT2D eigenvalue weighted by Crippen LogP contribution is -2.26. The molecule has 1 saturated carbocycles. The Morgan fingerprint density at radius 2 is 2.19 bits per heavy atom. The largest absolute Gasteiger partial charge is 0.356 e. The second-order valence-electron chi connectivity index (χ2n) is 5.72. The van der Waals surface area contributed by atoms with Crippen molar-refractivity contribution in [1.29, 1.82) is 0 Å². The molecule has 0 radical (unpaired) electrons. The lowest BCUT2D eigenvalue weighted by molar-refractivity contribution is -0.121. The zero-order valence-corrected chi connectivity index (χ0v) is 13.1. The molecule has 0 saturated heterocycles. The third-order valence-corrected chi connectivity index (χ3v) is 5.06. The molecule has 112 valence electrons. The van der Waals surface area contributed by atoms with Crippen LogP contribution in [0.5, 0.6) is 0 Å². The van der Waals surface area contributed by atoms with E-state index < -0.39 is 0 Å². The van der Waals surface area contributed by atoms with E-state index in [-0.39, 0.29) is 11.5 Å². The van der Waals surface area contributed by atoms with Gasteiger partial charge in [0.1, 0.15) is 10.7 Å². The second-order valence-corrected chi connectivity index (χ2v) is 6.93. The Bertz CT molecular complexity index is 743. The number of aromatic amines is 1. The highest BCUT2D eigenvalue weighted by molar-refractivity contribution is 7.18. The van der Waals surface area contributed by atoms with Gasteiger partial charge in [0.25, 0.3) is 5.56 Å². The fourth-order valence-electron chi connectivity index (χ4n) is 2.32. The van der Waals surface area contributed by atoms with E-state index in [9.17, 15) is 9.59 Å². The number of fused-ring (bicyclic) bond motifs is 1. The molecule has 2 aromatic rings. The first-order valence-electron chi connectivity index (χ1n) is 7.30. The van der Waals surface area contributed by atoms with E-state index in [4.69, 9.17) is 0 Å². The van der Waals surface area contributed by atoms with Crippen molar-refractivity contribution in [2.24, 2.45) is 5.92 Å². The van der Waals surface area contributed by atoms with Crippen LogP contribution in [0.4, 0.5) is 0 Å². The zero-order chi connectivity index (χ0) is 15.0. The van der Waals surface area contributed by atoms with Crippen molar-refractivity contribution in [3.63, 3.8) is 0 Å². The second kappa shape index (κ2) is 5.60. The van der Waals surface area contributed by atoms with E-state index in [0.717, 1.165) is 21.8 Å². The summed E-state index contributed by atoms with van der Waals surface area (Å²) in [5.41, 5.74) is 0.896. The molecule has 1 aliphatic carbocycles. The number of carbonyl (C=O) groups is 1. The summed E-state index contributed by atoms with van der Waals surface area (Å²) in [4.78, 5) is 33.0. The van der Waals surface area contributed by atoms with E-state index in [1.165, 1.54) is 24.2 Å². The highest BCUT2D eigenvalue weighted by Crippen LogP contribution is 2.27. The molecule has 2 aromatic heterocycles. The number of nitrogens with one attached hydrogen (secondary N) is 2. The van der Waals surface area contributed by atoms with Gasteiger partial charge < -0.3 is 10.3 Å². The molecular weight excluding hydrogens is 286 g/mol. The van der Waals surface area contributed by atoms with E-state index >= 15 is 0 Å². The van der Waals surface area contributed by atoms with Crippen molar-refractivity contribution < 1.29 is 4.79 Å². The molecule has 3 rings (SSSR count). The summed E-state index contributed by atoms with van der Waals surface area (Å²) in [5, 5.41) is 3.60. The molecule has 1 fully saturated rings. The lowest BCUT2D eigenvalue weighted by Gasteiger charge is -2.04. The van der Waals surface area contributed by atoms with Gasteiger partial charge in [-0.2, -0.15) is 0 Å². The SMILES string of the molecule is Cc1sc2nc(CCC(=O)NCC3CC3)[nH]c(=O)c2c1C. The number of nitrogens with zero attached hydrogens (tertiary/aromatic N) is 1. The van der Waals surface area contributed by atoms with Gasteiger partial charge in [-0.05, 0) is 38.2 Å². The molecular formula is C15H19N3O2S. The fourth-order valence-corrected chi connectivity index (χ4v) is 3.37. The van der Waals surface area contributed by atoms with Crippen LogP contribution in [0.15, 0.2) is 4.79 Å². The number of hydrogen-bond donors (Lipinski definition) is 2. The first-order valence-corrected chi connectivity index (χ1v) is 8.12. The summed E-state index contributed by atoms with van der Waals surface area (Å²) >= 11 is 1.53. The van der Waals surface area contributed by atoms with Crippen molar-refractivity contribution in [1.82, 2.24) is 15.3 Å². The van der Waals surface area contributed by atoms with Crippen LogP contribution in [0.3, 0.4) is 0 Å². The first-order chi connectivity index (χ1) is 10.0. The number of amides is 1. The number of H-pyrrole nitrogens is 1. The van der Waals surface area contributed by atoms with Crippen LogP contribution in [0.1, 0.15) is 35.5 Å². The van der Waals surface area contributed by atoms with Gasteiger partial charge in [-0.3, -0.25) is 9.59 Å². The summed E-state index contributed by atoms with van der Waals surface area (Å²) in [6.45, 7) is 4.72. The zero-order valence-electron chi connectivity index (χ0n) is 12.3. The average molecular weight is 305 g/mol. The smallest absolute Gasteiger partial charge is 0.259 e. The number of aromatic nitrogens is 2. The molecule has 5 nitrogen and oxygen atoms in total. The molecule has 21 heavy (non-hydrogen) atoms. The van der Waals surface area contributed by atoms with Gasteiger partial charge in [-0.15, -0.1) is 11.3 Å². The standard InChI is InChI=1S/C15H19N3O2S/c1-8-9(2)21-15-13(8)14(20)17-11(18-15)5-6-12(19)16-7-10-3-4-10/h10H,3-7H2,1-2H3,(H,16,19)(H,17,18,20). The van der Waals surface area contributed by atoms with Crippen LogP contribution in [-0.2, 0) is 11.2 Å². The average Bonchev–Trinajstić information content (AvgIpc) is 3.21.